The number of nitrogens with zero attached hydrogens (tertiary/aromatic N) is 1. The van der Waals surface area contributed by atoms with Gasteiger partial charge in [-0.3, -0.25) is 4.99 Å². The third-order valence-electron chi connectivity index (χ3n) is 2.24. The molecule has 0 bridgehead atoms. The molecular weight excluding hydrogens is 242 g/mol. The van der Waals surface area contributed by atoms with Gasteiger partial charge in [0.1, 0.15) is 0 Å². The Labute approximate surface area is 101 Å². The van der Waals surface area contributed by atoms with Gasteiger partial charge in [0.05, 0.1) is 15.7 Å². The zero-order valence-electron chi connectivity index (χ0n) is 9.60. The summed E-state index contributed by atoms with van der Waals surface area (Å²) in [7, 11) is -1.38. The van der Waals surface area contributed by atoms with E-state index in [1.807, 2.05) is 6.26 Å². The van der Waals surface area contributed by atoms with E-state index in [1.54, 1.807) is 50.0 Å². The Balaban J connectivity index is 3.10. The molecule has 0 aliphatic carbocycles. The molecule has 0 unspecified atom stereocenters. The van der Waals surface area contributed by atoms with Crippen molar-refractivity contribution in [1.29, 1.82) is 0 Å². The maximum atomic E-state index is 11.6. The van der Waals surface area contributed by atoms with Gasteiger partial charge in [0, 0.05) is 12.6 Å². The molecule has 0 aliphatic rings. The Morgan fingerprint density at radius 2 is 1.88 bits per heavy atom. The molecule has 0 saturated heterocycles. The molecule has 0 aliphatic heterocycles. The first-order chi connectivity index (χ1) is 7.55. The van der Waals surface area contributed by atoms with Crippen LogP contribution in [0.1, 0.15) is 12.5 Å². The van der Waals surface area contributed by atoms with Gasteiger partial charge in [-0.2, -0.15) is 0 Å². The van der Waals surface area contributed by atoms with Gasteiger partial charge in [-0.1, -0.05) is 19.1 Å². The smallest absolute Gasteiger partial charge is 0.178 e. The Bertz CT molecular complexity index is 475. The van der Waals surface area contributed by atoms with Crippen LogP contribution in [-0.2, 0) is 9.84 Å². The van der Waals surface area contributed by atoms with E-state index in [2.05, 4.69) is 4.99 Å². The SMILES string of the molecule is CCS(=O)(=O)c1ccc(C(=NC)SC)cc1. The summed E-state index contributed by atoms with van der Waals surface area (Å²) in [4.78, 5) is 4.49. The van der Waals surface area contributed by atoms with Gasteiger partial charge in [-0.15, -0.1) is 11.8 Å². The van der Waals surface area contributed by atoms with Crippen LogP contribution < -0.4 is 0 Å². The number of benzene rings is 1. The maximum absolute atomic E-state index is 11.6. The normalized spacial score (nSPS) is 12.8. The standard InChI is InChI=1S/C11H15NO2S2/c1-4-16(13,14)10-7-5-9(6-8-10)11(12-2)15-3/h5-8H,4H2,1-3H3. The van der Waals surface area contributed by atoms with Crippen LogP contribution in [0.5, 0.6) is 0 Å². The second-order valence-corrected chi connectivity index (χ2v) is 6.23. The molecule has 0 atom stereocenters. The summed E-state index contributed by atoms with van der Waals surface area (Å²) in [6.07, 6.45) is 1.94. The summed E-state index contributed by atoms with van der Waals surface area (Å²) in [5.74, 6) is 0.129. The maximum Gasteiger partial charge on any atom is 0.178 e. The number of hydrogen-bond acceptors (Lipinski definition) is 4. The zero-order valence-corrected chi connectivity index (χ0v) is 11.2. The molecule has 3 nitrogen and oxygen atoms in total. The van der Waals surface area contributed by atoms with Crippen LogP contribution in [-0.4, -0.2) is 32.5 Å². The van der Waals surface area contributed by atoms with E-state index < -0.39 is 9.84 Å². The summed E-state index contributed by atoms with van der Waals surface area (Å²) in [5.41, 5.74) is 0.949. The van der Waals surface area contributed by atoms with Crippen molar-refractivity contribution in [3.8, 4) is 0 Å². The van der Waals surface area contributed by atoms with Crippen molar-refractivity contribution >= 4 is 26.6 Å². The summed E-state index contributed by atoms with van der Waals surface area (Å²) in [6, 6.07) is 6.86. The number of sulfone groups is 1. The molecule has 0 spiro atoms. The van der Waals surface area contributed by atoms with E-state index in [4.69, 9.17) is 0 Å². The van der Waals surface area contributed by atoms with Crippen LogP contribution in [0.4, 0.5) is 0 Å². The van der Waals surface area contributed by atoms with Gasteiger partial charge >= 0.3 is 0 Å². The average Bonchev–Trinajstić information content (AvgIpc) is 2.31. The number of hydrogen-bond donors (Lipinski definition) is 0. The fraction of sp³-hybridized carbons (Fsp3) is 0.364. The molecule has 0 N–H and O–H groups in total. The molecule has 0 radical (unpaired) electrons. The van der Waals surface area contributed by atoms with Crippen LogP contribution in [0.25, 0.3) is 0 Å². The zero-order chi connectivity index (χ0) is 12.2. The summed E-state index contributed by atoms with van der Waals surface area (Å²) in [6.45, 7) is 1.64. The lowest BCUT2D eigenvalue weighted by molar-refractivity contribution is 0.597. The van der Waals surface area contributed by atoms with E-state index in [0.29, 0.717) is 4.90 Å². The molecule has 0 fully saturated rings. The highest BCUT2D eigenvalue weighted by molar-refractivity contribution is 8.13. The highest BCUT2D eigenvalue weighted by Gasteiger charge is 2.11. The predicted octanol–water partition coefficient (Wildman–Crippen LogP) is 2.22. The first kappa shape index (κ1) is 13.3. The summed E-state index contributed by atoms with van der Waals surface area (Å²) < 4.78 is 23.2. The van der Waals surface area contributed by atoms with Crippen molar-refractivity contribution in [2.24, 2.45) is 4.99 Å². The summed E-state index contributed by atoms with van der Waals surface area (Å²) >= 11 is 1.54. The highest BCUT2D eigenvalue weighted by Crippen LogP contribution is 2.16. The Kier molecular flexibility index (Phi) is 4.56. The number of aliphatic imine (C=N–C) groups is 1. The molecule has 0 saturated carbocycles. The van der Waals surface area contributed by atoms with Crippen LogP contribution in [0.3, 0.4) is 0 Å². The van der Waals surface area contributed by atoms with Crippen LogP contribution in [0.2, 0.25) is 0 Å². The summed E-state index contributed by atoms with van der Waals surface area (Å²) in [5, 5.41) is 0.903. The Morgan fingerprint density at radius 3 is 2.25 bits per heavy atom. The van der Waals surface area contributed by atoms with Gasteiger partial charge in [-0.05, 0) is 18.4 Å². The largest absolute Gasteiger partial charge is 0.281 e. The molecule has 1 aromatic carbocycles. The molecule has 0 heterocycles. The fourth-order valence-corrected chi connectivity index (χ4v) is 2.75. The third kappa shape index (κ3) is 2.86. The third-order valence-corrected chi connectivity index (χ3v) is 4.79. The van der Waals surface area contributed by atoms with Crippen molar-refractivity contribution in [2.45, 2.75) is 11.8 Å². The first-order valence-corrected chi connectivity index (χ1v) is 7.76. The Morgan fingerprint density at radius 1 is 1.31 bits per heavy atom. The van der Waals surface area contributed by atoms with Gasteiger partial charge in [-0.25, -0.2) is 8.42 Å². The van der Waals surface area contributed by atoms with Crippen molar-refractivity contribution in [3.05, 3.63) is 29.8 Å². The lowest BCUT2D eigenvalue weighted by Gasteiger charge is -2.04. The molecular formula is C11H15NO2S2. The topological polar surface area (TPSA) is 46.5 Å². The van der Waals surface area contributed by atoms with Gasteiger partial charge < -0.3 is 0 Å². The minimum Gasteiger partial charge on any atom is -0.281 e. The quantitative estimate of drug-likeness (QED) is 0.616. The highest BCUT2D eigenvalue weighted by atomic mass is 32.2. The molecule has 1 rings (SSSR count). The number of thioether (sulfide) groups is 1. The van der Waals surface area contributed by atoms with E-state index in [9.17, 15) is 8.42 Å². The van der Waals surface area contributed by atoms with E-state index in [-0.39, 0.29) is 5.75 Å². The van der Waals surface area contributed by atoms with Crippen LogP contribution in [0.15, 0.2) is 34.2 Å². The van der Waals surface area contributed by atoms with Gasteiger partial charge in [0.15, 0.2) is 9.84 Å². The minimum absolute atomic E-state index is 0.129. The molecule has 0 amide bonds. The minimum atomic E-state index is -3.10. The predicted molar refractivity (Wildman–Crippen MR) is 70.1 cm³/mol. The molecule has 1 aromatic rings. The van der Waals surface area contributed by atoms with Gasteiger partial charge in [0.2, 0.25) is 0 Å². The Hall–Kier alpha value is -0.810. The average molecular weight is 257 g/mol. The van der Waals surface area contributed by atoms with Crippen molar-refractivity contribution in [2.75, 3.05) is 19.1 Å². The van der Waals surface area contributed by atoms with Crippen LogP contribution in [0, 0.1) is 0 Å². The molecule has 5 heteroatoms. The van der Waals surface area contributed by atoms with E-state index in [1.165, 1.54) is 0 Å². The number of rotatable bonds is 3. The van der Waals surface area contributed by atoms with Gasteiger partial charge in [0.25, 0.3) is 0 Å². The van der Waals surface area contributed by atoms with Crippen molar-refractivity contribution in [1.82, 2.24) is 0 Å². The van der Waals surface area contributed by atoms with Crippen LogP contribution >= 0.6 is 11.8 Å². The second kappa shape index (κ2) is 5.50. The second-order valence-electron chi connectivity index (χ2n) is 3.16. The first-order valence-electron chi connectivity index (χ1n) is 4.89. The van der Waals surface area contributed by atoms with E-state index in [0.717, 1.165) is 10.6 Å². The fourth-order valence-electron chi connectivity index (χ4n) is 1.31. The molecule has 16 heavy (non-hydrogen) atoms. The molecule has 88 valence electrons. The van der Waals surface area contributed by atoms with Crippen molar-refractivity contribution < 1.29 is 8.42 Å². The van der Waals surface area contributed by atoms with E-state index >= 15 is 0 Å². The molecule has 0 aromatic heterocycles. The van der Waals surface area contributed by atoms with Crippen molar-refractivity contribution in [3.63, 3.8) is 0 Å². The lowest BCUT2D eigenvalue weighted by Crippen LogP contribution is -2.04. The lowest BCUT2D eigenvalue weighted by atomic mass is 10.2. The monoisotopic (exact) mass is 257 g/mol.